The average molecular weight is 183 g/mol. The number of rotatable bonds is 5. The van der Waals surface area contributed by atoms with Gasteiger partial charge in [-0.1, -0.05) is 6.08 Å². The summed E-state index contributed by atoms with van der Waals surface area (Å²) in [5, 5.41) is 3.12. The molecule has 3 nitrogen and oxygen atoms in total. The van der Waals surface area contributed by atoms with Gasteiger partial charge in [-0.05, 0) is 19.8 Å². The topological polar surface area (TPSA) is 38.3 Å². The second kappa shape index (κ2) is 4.42. The number of nitrogens with one attached hydrogen (secondary N) is 1. The summed E-state index contributed by atoms with van der Waals surface area (Å²) in [5.41, 5.74) is -0.260. The van der Waals surface area contributed by atoms with Crippen LogP contribution in [0.2, 0.25) is 0 Å². The lowest BCUT2D eigenvalue weighted by Gasteiger charge is -2.39. The Morgan fingerprint density at radius 1 is 1.69 bits per heavy atom. The molecule has 0 aromatic rings. The van der Waals surface area contributed by atoms with Gasteiger partial charge in [-0.25, -0.2) is 0 Å². The second-order valence-corrected chi connectivity index (χ2v) is 3.43. The van der Waals surface area contributed by atoms with E-state index in [0.29, 0.717) is 6.61 Å². The molecule has 0 atom stereocenters. The predicted molar refractivity (Wildman–Crippen MR) is 51.4 cm³/mol. The summed E-state index contributed by atoms with van der Waals surface area (Å²) in [6.45, 7) is 7.46. The van der Waals surface area contributed by atoms with E-state index in [9.17, 15) is 4.79 Å². The molecule has 0 bridgehead atoms. The number of allylic oxidation sites excluding steroid dienone is 1. The molecule has 0 aliphatic carbocycles. The van der Waals surface area contributed by atoms with Crippen molar-refractivity contribution >= 4 is 5.97 Å². The molecule has 1 rings (SSSR count). The largest absolute Gasteiger partial charge is 0.465 e. The van der Waals surface area contributed by atoms with E-state index in [1.165, 1.54) is 0 Å². The molecule has 0 radical (unpaired) electrons. The Labute approximate surface area is 79.2 Å². The predicted octanol–water partition coefficient (Wildman–Crippen LogP) is 1.11. The van der Waals surface area contributed by atoms with Crippen LogP contribution in [0.4, 0.5) is 0 Å². The maximum atomic E-state index is 11.6. The normalized spacial score (nSPS) is 18.8. The van der Waals surface area contributed by atoms with Crippen LogP contribution in [0.25, 0.3) is 0 Å². The molecule has 1 aliphatic rings. The van der Waals surface area contributed by atoms with Crippen LogP contribution >= 0.6 is 0 Å². The highest BCUT2D eigenvalue weighted by atomic mass is 16.5. The molecule has 1 N–H and O–H groups in total. The summed E-state index contributed by atoms with van der Waals surface area (Å²) in [4.78, 5) is 11.6. The first-order chi connectivity index (χ1) is 6.25. The average Bonchev–Trinajstić information content (AvgIpc) is 2.03. The van der Waals surface area contributed by atoms with Gasteiger partial charge in [-0.3, -0.25) is 4.79 Å². The Kier molecular flexibility index (Phi) is 3.48. The van der Waals surface area contributed by atoms with Crippen LogP contribution in [0.1, 0.15) is 19.8 Å². The van der Waals surface area contributed by atoms with E-state index in [2.05, 4.69) is 11.9 Å². The standard InChI is InChI=1S/C10H17NO2/c1-3-5-6-10(7-11-8-10)9(12)13-4-2/h3,11H,1,4-8H2,2H3. The van der Waals surface area contributed by atoms with E-state index in [1.807, 2.05) is 13.0 Å². The van der Waals surface area contributed by atoms with Crippen molar-refractivity contribution in [1.29, 1.82) is 0 Å². The first kappa shape index (κ1) is 10.3. The maximum Gasteiger partial charge on any atom is 0.314 e. The van der Waals surface area contributed by atoms with E-state index in [4.69, 9.17) is 4.74 Å². The fraction of sp³-hybridized carbons (Fsp3) is 0.700. The molecule has 0 unspecified atom stereocenters. The Hall–Kier alpha value is -0.830. The summed E-state index contributed by atoms with van der Waals surface area (Å²) in [6, 6.07) is 0. The fourth-order valence-corrected chi connectivity index (χ4v) is 1.51. The number of hydrogen-bond acceptors (Lipinski definition) is 3. The van der Waals surface area contributed by atoms with Gasteiger partial charge in [0.1, 0.15) is 0 Å². The monoisotopic (exact) mass is 183 g/mol. The number of ether oxygens (including phenoxy) is 1. The molecule has 0 aromatic heterocycles. The van der Waals surface area contributed by atoms with Crippen LogP contribution in [-0.4, -0.2) is 25.7 Å². The van der Waals surface area contributed by atoms with E-state index < -0.39 is 0 Å². The lowest BCUT2D eigenvalue weighted by molar-refractivity contribution is -0.159. The number of carbonyl (C=O) groups is 1. The Morgan fingerprint density at radius 2 is 2.38 bits per heavy atom. The van der Waals surface area contributed by atoms with Gasteiger partial charge < -0.3 is 10.1 Å². The molecule has 1 heterocycles. The molecule has 0 aromatic carbocycles. The van der Waals surface area contributed by atoms with E-state index in [-0.39, 0.29) is 11.4 Å². The molecule has 3 heteroatoms. The van der Waals surface area contributed by atoms with E-state index in [1.54, 1.807) is 0 Å². The van der Waals surface area contributed by atoms with Crippen LogP contribution in [-0.2, 0) is 9.53 Å². The lowest BCUT2D eigenvalue weighted by atomic mass is 9.77. The van der Waals surface area contributed by atoms with Crippen molar-refractivity contribution in [2.24, 2.45) is 5.41 Å². The first-order valence-electron chi connectivity index (χ1n) is 4.74. The summed E-state index contributed by atoms with van der Waals surface area (Å²) >= 11 is 0. The molecule has 1 fully saturated rings. The van der Waals surface area contributed by atoms with Crippen molar-refractivity contribution in [2.45, 2.75) is 19.8 Å². The summed E-state index contributed by atoms with van der Waals surface area (Å²) in [6.07, 6.45) is 3.57. The summed E-state index contributed by atoms with van der Waals surface area (Å²) < 4.78 is 5.03. The van der Waals surface area contributed by atoms with Gasteiger partial charge in [-0.15, -0.1) is 6.58 Å². The van der Waals surface area contributed by atoms with Crippen molar-refractivity contribution < 1.29 is 9.53 Å². The van der Waals surface area contributed by atoms with E-state index >= 15 is 0 Å². The number of hydrogen-bond donors (Lipinski definition) is 1. The van der Waals surface area contributed by atoms with E-state index in [0.717, 1.165) is 25.9 Å². The highest BCUT2D eigenvalue weighted by Crippen LogP contribution is 2.30. The highest BCUT2D eigenvalue weighted by molar-refractivity contribution is 5.78. The minimum absolute atomic E-state index is 0.0596. The molecule has 1 saturated heterocycles. The molecule has 0 saturated carbocycles. The third-order valence-corrected chi connectivity index (χ3v) is 2.46. The zero-order valence-corrected chi connectivity index (χ0v) is 8.14. The van der Waals surface area contributed by atoms with Crippen molar-refractivity contribution in [1.82, 2.24) is 5.32 Å². The van der Waals surface area contributed by atoms with Gasteiger partial charge >= 0.3 is 5.97 Å². The third kappa shape index (κ3) is 2.10. The first-order valence-corrected chi connectivity index (χ1v) is 4.74. The van der Waals surface area contributed by atoms with Crippen LogP contribution < -0.4 is 5.32 Å². The number of carbonyl (C=O) groups excluding carboxylic acids is 1. The van der Waals surface area contributed by atoms with Gasteiger partial charge in [0.05, 0.1) is 12.0 Å². The minimum atomic E-state index is -0.260. The lowest BCUT2D eigenvalue weighted by Crippen LogP contribution is -2.58. The fourth-order valence-electron chi connectivity index (χ4n) is 1.51. The summed E-state index contributed by atoms with van der Waals surface area (Å²) in [5.74, 6) is -0.0596. The number of esters is 1. The highest BCUT2D eigenvalue weighted by Gasteiger charge is 2.44. The maximum absolute atomic E-state index is 11.6. The second-order valence-electron chi connectivity index (χ2n) is 3.43. The molecule has 13 heavy (non-hydrogen) atoms. The molecule has 0 amide bonds. The van der Waals surface area contributed by atoms with Gasteiger partial charge in [-0.2, -0.15) is 0 Å². The minimum Gasteiger partial charge on any atom is -0.465 e. The van der Waals surface area contributed by atoms with Gasteiger partial charge in [0.25, 0.3) is 0 Å². The van der Waals surface area contributed by atoms with Crippen LogP contribution in [0.15, 0.2) is 12.7 Å². The Balaban J connectivity index is 2.47. The zero-order valence-electron chi connectivity index (χ0n) is 8.14. The Morgan fingerprint density at radius 3 is 2.77 bits per heavy atom. The van der Waals surface area contributed by atoms with Gasteiger partial charge in [0, 0.05) is 13.1 Å². The van der Waals surface area contributed by atoms with Crippen molar-refractivity contribution in [3.8, 4) is 0 Å². The van der Waals surface area contributed by atoms with Gasteiger partial charge in [0.2, 0.25) is 0 Å². The van der Waals surface area contributed by atoms with Gasteiger partial charge in [0.15, 0.2) is 0 Å². The van der Waals surface area contributed by atoms with Crippen molar-refractivity contribution in [2.75, 3.05) is 19.7 Å². The SMILES string of the molecule is C=CCCC1(C(=O)OCC)CNC1. The van der Waals surface area contributed by atoms with Crippen LogP contribution in [0, 0.1) is 5.41 Å². The quantitative estimate of drug-likeness (QED) is 0.512. The zero-order chi connectivity index (χ0) is 9.73. The third-order valence-electron chi connectivity index (χ3n) is 2.46. The van der Waals surface area contributed by atoms with Crippen LogP contribution in [0.3, 0.4) is 0 Å². The smallest absolute Gasteiger partial charge is 0.314 e. The molecule has 0 spiro atoms. The molecule has 1 aliphatic heterocycles. The van der Waals surface area contributed by atoms with Crippen molar-refractivity contribution in [3.05, 3.63) is 12.7 Å². The van der Waals surface area contributed by atoms with Crippen LogP contribution in [0.5, 0.6) is 0 Å². The molecular weight excluding hydrogens is 166 g/mol. The van der Waals surface area contributed by atoms with Crippen molar-refractivity contribution in [3.63, 3.8) is 0 Å². The Bertz CT molecular complexity index is 197. The summed E-state index contributed by atoms with van der Waals surface area (Å²) in [7, 11) is 0. The molecular formula is C10H17NO2. The molecule has 74 valence electrons.